The highest BCUT2D eigenvalue weighted by Crippen LogP contribution is 2.17. The lowest BCUT2D eigenvalue weighted by Gasteiger charge is -2.08. The minimum Gasteiger partial charge on any atom is -0.497 e. The molecule has 2 aromatic carbocycles. The number of methoxy groups -OCH3 is 1. The number of carbonyl (C=O) groups is 1. The van der Waals surface area contributed by atoms with Crippen LogP contribution in [0.2, 0.25) is 0 Å². The third-order valence-corrected chi connectivity index (χ3v) is 4.19. The van der Waals surface area contributed by atoms with Gasteiger partial charge in [-0.15, -0.1) is 0 Å². The highest BCUT2D eigenvalue weighted by Gasteiger charge is 2.16. The van der Waals surface area contributed by atoms with Crippen molar-refractivity contribution in [1.82, 2.24) is 15.1 Å². The summed E-state index contributed by atoms with van der Waals surface area (Å²) in [6.07, 6.45) is 2.17. The first-order valence-electron chi connectivity index (χ1n) is 8.31. The van der Waals surface area contributed by atoms with Gasteiger partial charge in [0.1, 0.15) is 17.3 Å². The van der Waals surface area contributed by atoms with Crippen molar-refractivity contribution >= 4 is 5.91 Å². The molecule has 0 saturated heterocycles. The van der Waals surface area contributed by atoms with Crippen LogP contribution in [0.5, 0.6) is 5.75 Å². The zero-order valence-corrected chi connectivity index (χ0v) is 14.7. The molecule has 0 aliphatic heterocycles. The number of para-hydroxylation sites is 1. The third-order valence-electron chi connectivity index (χ3n) is 4.19. The smallest absolute Gasteiger partial charge is 0.254 e. The fraction of sp³-hybridized carbons (Fsp3) is 0.200. The SMILES string of the molecule is COc1ccc(CCNC(=O)c2cnn(-c3ccccc3F)c2C)cc1. The van der Waals surface area contributed by atoms with Crippen LogP contribution in [0.1, 0.15) is 21.6 Å². The standard InChI is InChI=1S/C20H20FN3O2/c1-14-17(13-23-24(14)19-6-4-3-5-18(19)21)20(25)22-12-11-15-7-9-16(26-2)10-8-15/h3-10,13H,11-12H2,1-2H3,(H,22,25). The van der Waals surface area contributed by atoms with Crippen LogP contribution in [0.15, 0.2) is 54.7 Å². The Morgan fingerprint density at radius 3 is 2.62 bits per heavy atom. The fourth-order valence-corrected chi connectivity index (χ4v) is 2.71. The van der Waals surface area contributed by atoms with Gasteiger partial charge in [0.2, 0.25) is 0 Å². The number of rotatable bonds is 6. The van der Waals surface area contributed by atoms with Gasteiger partial charge in [0.05, 0.1) is 24.6 Å². The van der Waals surface area contributed by atoms with Crippen molar-refractivity contribution in [3.8, 4) is 11.4 Å². The minimum atomic E-state index is -0.384. The summed E-state index contributed by atoms with van der Waals surface area (Å²) >= 11 is 0. The normalized spacial score (nSPS) is 10.6. The van der Waals surface area contributed by atoms with E-state index in [9.17, 15) is 9.18 Å². The lowest BCUT2D eigenvalue weighted by molar-refractivity contribution is 0.0953. The molecule has 1 heterocycles. The highest BCUT2D eigenvalue weighted by molar-refractivity contribution is 5.95. The van der Waals surface area contributed by atoms with Gasteiger partial charge in [0.25, 0.3) is 5.91 Å². The van der Waals surface area contributed by atoms with Gasteiger partial charge in [0, 0.05) is 6.54 Å². The van der Waals surface area contributed by atoms with Crippen LogP contribution < -0.4 is 10.1 Å². The van der Waals surface area contributed by atoms with E-state index in [1.807, 2.05) is 24.3 Å². The maximum Gasteiger partial charge on any atom is 0.254 e. The van der Waals surface area contributed by atoms with Gasteiger partial charge in [-0.05, 0) is 43.2 Å². The first-order valence-corrected chi connectivity index (χ1v) is 8.31. The lowest BCUT2D eigenvalue weighted by Crippen LogP contribution is -2.26. The van der Waals surface area contributed by atoms with Gasteiger partial charge in [0.15, 0.2) is 0 Å². The molecule has 0 fully saturated rings. The first kappa shape index (κ1) is 17.7. The molecule has 0 spiro atoms. The summed E-state index contributed by atoms with van der Waals surface area (Å²) in [5.74, 6) is 0.192. The average molecular weight is 353 g/mol. The van der Waals surface area contributed by atoms with Crippen molar-refractivity contribution in [3.63, 3.8) is 0 Å². The molecule has 0 radical (unpaired) electrons. The second kappa shape index (κ2) is 7.82. The molecule has 1 amide bonds. The molecule has 0 unspecified atom stereocenters. The van der Waals surface area contributed by atoms with E-state index in [0.29, 0.717) is 29.9 Å². The number of ether oxygens (including phenoxy) is 1. The molecule has 0 aliphatic rings. The summed E-state index contributed by atoms with van der Waals surface area (Å²) in [7, 11) is 1.62. The van der Waals surface area contributed by atoms with E-state index < -0.39 is 0 Å². The van der Waals surface area contributed by atoms with Crippen molar-refractivity contribution in [2.24, 2.45) is 0 Å². The Kier molecular flexibility index (Phi) is 5.31. The number of benzene rings is 2. The molecule has 3 rings (SSSR count). The van der Waals surface area contributed by atoms with E-state index in [4.69, 9.17) is 4.74 Å². The van der Waals surface area contributed by atoms with Crippen LogP contribution in [-0.4, -0.2) is 29.3 Å². The van der Waals surface area contributed by atoms with Gasteiger partial charge in [-0.25, -0.2) is 9.07 Å². The van der Waals surface area contributed by atoms with Crippen molar-refractivity contribution in [2.45, 2.75) is 13.3 Å². The molecule has 134 valence electrons. The highest BCUT2D eigenvalue weighted by atomic mass is 19.1. The van der Waals surface area contributed by atoms with E-state index >= 15 is 0 Å². The molecule has 6 heteroatoms. The Bertz CT molecular complexity index is 904. The van der Waals surface area contributed by atoms with Crippen LogP contribution in [0.25, 0.3) is 5.69 Å². The molecule has 0 saturated carbocycles. The average Bonchev–Trinajstić information content (AvgIpc) is 3.04. The monoisotopic (exact) mass is 353 g/mol. The molecule has 26 heavy (non-hydrogen) atoms. The van der Waals surface area contributed by atoms with Crippen LogP contribution in [0, 0.1) is 12.7 Å². The molecule has 0 bridgehead atoms. The van der Waals surface area contributed by atoms with E-state index in [2.05, 4.69) is 10.4 Å². The molecule has 5 nitrogen and oxygen atoms in total. The number of hydrogen-bond acceptors (Lipinski definition) is 3. The Morgan fingerprint density at radius 2 is 1.92 bits per heavy atom. The summed E-state index contributed by atoms with van der Waals surface area (Å²) in [6.45, 7) is 2.24. The number of nitrogens with one attached hydrogen (secondary N) is 1. The van der Waals surface area contributed by atoms with Crippen molar-refractivity contribution in [1.29, 1.82) is 0 Å². The minimum absolute atomic E-state index is 0.224. The number of amides is 1. The topological polar surface area (TPSA) is 56.1 Å². The summed E-state index contributed by atoms with van der Waals surface area (Å²) in [5.41, 5.74) is 2.45. The fourth-order valence-electron chi connectivity index (χ4n) is 2.71. The summed E-state index contributed by atoms with van der Waals surface area (Å²) in [6, 6.07) is 14.0. The van der Waals surface area contributed by atoms with E-state index in [1.165, 1.54) is 16.9 Å². The lowest BCUT2D eigenvalue weighted by atomic mass is 10.1. The molecule has 0 atom stereocenters. The second-order valence-electron chi connectivity index (χ2n) is 5.86. The second-order valence-corrected chi connectivity index (χ2v) is 5.86. The zero-order valence-electron chi connectivity index (χ0n) is 14.7. The summed E-state index contributed by atoms with van der Waals surface area (Å²) < 4.78 is 20.5. The van der Waals surface area contributed by atoms with Gasteiger partial charge in [-0.1, -0.05) is 24.3 Å². The molecule has 0 aliphatic carbocycles. The molecule has 3 aromatic rings. The predicted molar refractivity (Wildman–Crippen MR) is 97.3 cm³/mol. The number of carbonyl (C=O) groups excluding carboxylic acids is 1. The van der Waals surface area contributed by atoms with E-state index in [1.54, 1.807) is 32.2 Å². The molecular weight excluding hydrogens is 333 g/mol. The van der Waals surface area contributed by atoms with Gasteiger partial charge < -0.3 is 10.1 Å². The largest absolute Gasteiger partial charge is 0.497 e. The Hall–Kier alpha value is -3.15. The quantitative estimate of drug-likeness (QED) is 0.740. The summed E-state index contributed by atoms with van der Waals surface area (Å²) in [4.78, 5) is 12.4. The third kappa shape index (κ3) is 3.74. The van der Waals surface area contributed by atoms with Gasteiger partial charge in [-0.2, -0.15) is 5.10 Å². The van der Waals surface area contributed by atoms with Crippen LogP contribution in [0.3, 0.4) is 0 Å². The predicted octanol–water partition coefficient (Wildman–Crippen LogP) is 3.30. The van der Waals surface area contributed by atoms with Crippen LogP contribution in [-0.2, 0) is 6.42 Å². The van der Waals surface area contributed by atoms with Crippen molar-refractivity contribution in [2.75, 3.05) is 13.7 Å². The van der Waals surface area contributed by atoms with Crippen LogP contribution in [0.4, 0.5) is 4.39 Å². The van der Waals surface area contributed by atoms with Crippen molar-refractivity contribution < 1.29 is 13.9 Å². The van der Waals surface area contributed by atoms with E-state index in [-0.39, 0.29) is 11.7 Å². The van der Waals surface area contributed by atoms with Crippen LogP contribution >= 0.6 is 0 Å². The number of aromatic nitrogens is 2. The Balaban J connectivity index is 1.64. The van der Waals surface area contributed by atoms with Crippen molar-refractivity contribution in [3.05, 3.63) is 77.4 Å². The van der Waals surface area contributed by atoms with Gasteiger partial charge in [-0.3, -0.25) is 4.79 Å². The number of halogens is 1. The number of hydrogen-bond donors (Lipinski definition) is 1. The molecule has 1 aromatic heterocycles. The van der Waals surface area contributed by atoms with E-state index in [0.717, 1.165) is 11.3 Å². The Morgan fingerprint density at radius 1 is 1.19 bits per heavy atom. The molecular formula is C20H20FN3O2. The summed E-state index contributed by atoms with van der Waals surface area (Å²) in [5, 5.41) is 7.03. The zero-order chi connectivity index (χ0) is 18.5. The number of nitrogens with zero attached hydrogens (tertiary/aromatic N) is 2. The van der Waals surface area contributed by atoms with Gasteiger partial charge >= 0.3 is 0 Å². The first-order chi connectivity index (χ1) is 12.6. The Labute approximate surface area is 151 Å². The maximum absolute atomic E-state index is 13.9. The maximum atomic E-state index is 13.9. The molecule has 1 N–H and O–H groups in total.